The summed E-state index contributed by atoms with van der Waals surface area (Å²) < 4.78 is 5.33. The van der Waals surface area contributed by atoms with Gasteiger partial charge in [0.25, 0.3) is 5.91 Å². The molecule has 1 saturated heterocycles. The van der Waals surface area contributed by atoms with Gasteiger partial charge in [0, 0.05) is 13.1 Å². The number of hydrogen-bond acceptors (Lipinski definition) is 5. The molecule has 2 aromatic rings. The number of nitrogens with one attached hydrogen (secondary N) is 1. The third-order valence-electron chi connectivity index (χ3n) is 4.15. The van der Waals surface area contributed by atoms with Crippen molar-refractivity contribution < 1.29 is 9.21 Å². The van der Waals surface area contributed by atoms with Crippen LogP contribution >= 0.6 is 11.3 Å². The van der Waals surface area contributed by atoms with Crippen LogP contribution in [0.25, 0.3) is 10.8 Å². The van der Waals surface area contributed by atoms with E-state index in [1.54, 1.807) is 12.5 Å². The third-order valence-corrected chi connectivity index (χ3v) is 5.15. The van der Waals surface area contributed by atoms with Crippen molar-refractivity contribution in [2.45, 2.75) is 19.3 Å². The van der Waals surface area contributed by atoms with E-state index in [2.05, 4.69) is 10.3 Å². The minimum atomic E-state index is 0.0994. The van der Waals surface area contributed by atoms with Gasteiger partial charge in [-0.15, -0.1) is 11.3 Å². The van der Waals surface area contributed by atoms with Crippen molar-refractivity contribution >= 4 is 17.2 Å². The maximum Gasteiger partial charge on any atom is 0.265 e. The Kier molecular flexibility index (Phi) is 4.90. The summed E-state index contributed by atoms with van der Waals surface area (Å²) in [5, 5.41) is 3.96. The number of carbonyl (C=O) groups is 1. The molecule has 5 nitrogen and oxygen atoms in total. The minimum Gasteiger partial charge on any atom is -0.462 e. The average molecular weight is 319 g/mol. The fraction of sp³-hybridized carbons (Fsp3) is 0.500. The molecule has 0 aliphatic carbocycles. The number of hydrogen-bond donors (Lipinski definition) is 1. The number of nitrogens with zero attached hydrogens (tertiary/aromatic N) is 2. The zero-order chi connectivity index (χ0) is 15.4. The lowest BCUT2D eigenvalue weighted by molar-refractivity contribution is 0.0692. The molecule has 1 fully saturated rings. The van der Waals surface area contributed by atoms with Crippen LogP contribution in [0.1, 0.15) is 28.9 Å². The maximum atomic E-state index is 12.6. The summed E-state index contributed by atoms with van der Waals surface area (Å²) in [6.07, 6.45) is 6.67. The highest BCUT2D eigenvalue weighted by Gasteiger charge is 2.25. The molecule has 1 aliphatic heterocycles. The number of piperidine rings is 1. The Labute approximate surface area is 134 Å². The van der Waals surface area contributed by atoms with E-state index < -0.39 is 0 Å². The van der Waals surface area contributed by atoms with Crippen molar-refractivity contribution in [3.63, 3.8) is 0 Å². The number of rotatable bonds is 5. The SMILES string of the molecule is CNCCC1CCN(C(=O)c2cnc(-c3ccco3)s2)CC1. The van der Waals surface area contributed by atoms with E-state index in [0.717, 1.165) is 49.2 Å². The van der Waals surface area contributed by atoms with Crippen molar-refractivity contribution in [2.75, 3.05) is 26.7 Å². The van der Waals surface area contributed by atoms with Gasteiger partial charge in [0.05, 0.1) is 12.5 Å². The van der Waals surface area contributed by atoms with Crippen LogP contribution in [0, 0.1) is 5.92 Å². The molecule has 0 spiro atoms. The summed E-state index contributed by atoms with van der Waals surface area (Å²) in [5.41, 5.74) is 0. The van der Waals surface area contributed by atoms with Gasteiger partial charge in [-0.2, -0.15) is 0 Å². The van der Waals surface area contributed by atoms with Gasteiger partial charge in [0.15, 0.2) is 10.8 Å². The van der Waals surface area contributed by atoms with Gasteiger partial charge in [-0.1, -0.05) is 0 Å². The Balaban J connectivity index is 1.58. The molecular formula is C16H21N3O2S. The van der Waals surface area contributed by atoms with Crippen LogP contribution in [0.5, 0.6) is 0 Å². The first-order valence-electron chi connectivity index (χ1n) is 7.71. The number of furan rings is 1. The van der Waals surface area contributed by atoms with E-state index in [0.29, 0.717) is 4.88 Å². The molecule has 118 valence electrons. The van der Waals surface area contributed by atoms with E-state index in [1.807, 2.05) is 24.1 Å². The zero-order valence-electron chi connectivity index (χ0n) is 12.7. The van der Waals surface area contributed by atoms with Crippen molar-refractivity contribution in [1.82, 2.24) is 15.2 Å². The lowest BCUT2D eigenvalue weighted by atomic mass is 9.93. The monoisotopic (exact) mass is 319 g/mol. The molecule has 0 atom stereocenters. The number of carbonyl (C=O) groups excluding carboxylic acids is 1. The van der Waals surface area contributed by atoms with Gasteiger partial charge in [-0.3, -0.25) is 4.79 Å². The first-order chi connectivity index (χ1) is 10.8. The Hall–Kier alpha value is -1.66. The molecule has 3 rings (SSSR count). The van der Waals surface area contributed by atoms with Crippen LogP contribution in [-0.2, 0) is 0 Å². The Morgan fingerprint density at radius 3 is 3.00 bits per heavy atom. The van der Waals surface area contributed by atoms with Gasteiger partial charge < -0.3 is 14.6 Å². The smallest absolute Gasteiger partial charge is 0.265 e. The highest BCUT2D eigenvalue weighted by atomic mass is 32.1. The molecule has 3 heterocycles. The van der Waals surface area contributed by atoms with E-state index >= 15 is 0 Å². The maximum absolute atomic E-state index is 12.6. The lowest BCUT2D eigenvalue weighted by Crippen LogP contribution is -2.38. The fourth-order valence-electron chi connectivity index (χ4n) is 2.82. The number of amides is 1. The zero-order valence-corrected chi connectivity index (χ0v) is 13.6. The highest BCUT2D eigenvalue weighted by Crippen LogP contribution is 2.28. The van der Waals surface area contributed by atoms with Gasteiger partial charge in [-0.05, 0) is 50.9 Å². The van der Waals surface area contributed by atoms with Crippen molar-refractivity contribution in [3.8, 4) is 10.8 Å². The Morgan fingerprint density at radius 2 is 2.32 bits per heavy atom. The Morgan fingerprint density at radius 1 is 1.50 bits per heavy atom. The summed E-state index contributed by atoms with van der Waals surface area (Å²) in [6.45, 7) is 2.75. The predicted octanol–water partition coefficient (Wildman–Crippen LogP) is 2.86. The van der Waals surface area contributed by atoms with Crippen molar-refractivity contribution in [1.29, 1.82) is 0 Å². The molecule has 22 heavy (non-hydrogen) atoms. The van der Waals surface area contributed by atoms with Gasteiger partial charge >= 0.3 is 0 Å². The number of thiazole rings is 1. The topological polar surface area (TPSA) is 58.4 Å². The van der Waals surface area contributed by atoms with Crippen LogP contribution in [-0.4, -0.2) is 42.5 Å². The van der Waals surface area contributed by atoms with Gasteiger partial charge in [-0.25, -0.2) is 4.98 Å². The second-order valence-corrected chi connectivity index (χ2v) is 6.67. The van der Waals surface area contributed by atoms with Crippen LogP contribution < -0.4 is 5.32 Å². The van der Waals surface area contributed by atoms with Crippen molar-refractivity contribution in [2.24, 2.45) is 5.92 Å². The standard InChI is InChI=1S/C16H21N3O2S/c1-17-7-4-12-5-8-19(9-6-12)16(20)14-11-18-15(22-14)13-3-2-10-21-13/h2-3,10-12,17H,4-9H2,1H3. The quantitative estimate of drug-likeness (QED) is 0.920. The highest BCUT2D eigenvalue weighted by molar-refractivity contribution is 7.16. The van der Waals surface area contributed by atoms with Crippen molar-refractivity contribution in [3.05, 3.63) is 29.5 Å². The minimum absolute atomic E-state index is 0.0994. The first-order valence-corrected chi connectivity index (χ1v) is 8.53. The second-order valence-electron chi connectivity index (χ2n) is 5.63. The third kappa shape index (κ3) is 3.39. The van der Waals surface area contributed by atoms with Gasteiger partial charge in [0.1, 0.15) is 4.88 Å². The molecule has 0 saturated carbocycles. The molecule has 6 heteroatoms. The molecule has 1 amide bonds. The molecule has 2 aromatic heterocycles. The number of likely N-dealkylation sites (tertiary alicyclic amines) is 1. The molecule has 0 radical (unpaired) electrons. The predicted molar refractivity (Wildman–Crippen MR) is 87.0 cm³/mol. The van der Waals surface area contributed by atoms with E-state index in [4.69, 9.17) is 4.42 Å². The average Bonchev–Trinajstić information content (AvgIpc) is 3.23. The summed E-state index contributed by atoms with van der Waals surface area (Å²) in [6, 6.07) is 3.69. The van der Waals surface area contributed by atoms with Gasteiger partial charge in [0.2, 0.25) is 0 Å². The summed E-state index contributed by atoms with van der Waals surface area (Å²) in [7, 11) is 1.99. The molecule has 0 unspecified atom stereocenters. The van der Waals surface area contributed by atoms with Crippen LogP contribution in [0.15, 0.2) is 29.0 Å². The van der Waals surface area contributed by atoms with E-state index in [-0.39, 0.29) is 5.91 Å². The van der Waals surface area contributed by atoms with Crippen LogP contribution in [0.4, 0.5) is 0 Å². The normalized spacial score (nSPS) is 16.1. The molecular weight excluding hydrogens is 298 g/mol. The van der Waals surface area contributed by atoms with Crippen LogP contribution in [0.3, 0.4) is 0 Å². The number of aromatic nitrogens is 1. The summed E-state index contributed by atoms with van der Waals surface area (Å²) in [4.78, 5) is 19.5. The van der Waals surface area contributed by atoms with E-state index in [1.165, 1.54) is 17.8 Å². The molecule has 0 aromatic carbocycles. The molecule has 1 N–H and O–H groups in total. The fourth-order valence-corrected chi connectivity index (χ4v) is 3.67. The van der Waals surface area contributed by atoms with Crippen LogP contribution in [0.2, 0.25) is 0 Å². The molecule has 0 bridgehead atoms. The van der Waals surface area contributed by atoms with E-state index in [9.17, 15) is 4.79 Å². The molecule has 1 aliphatic rings. The lowest BCUT2D eigenvalue weighted by Gasteiger charge is -2.31. The Bertz CT molecular complexity index is 601. The summed E-state index contributed by atoms with van der Waals surface area (Å²) in [5.74, 6) is 1.55. The second kappa shape index (κ2) is 7.07. The first kappa shape index (κ1) is 15.2. The largest absolute Gasteiger partial charge is 0.462 e. The summed E-state index contributed by atoms with van der Waals surface area (Å²) >= 11 is 1.40.